The highest BCUT2D eigenvalue weighted by molar-refractivity contribution is 7.19. The molecule has 0 saturated carbocycles. The number of amides is 2. The molecule has 1 aliphatic rings. The fourth-order valence-electron chi connectivity index (χ4n) is 4.68. The van der Waals surface area contributed by atoms with Gasteiger partial charge in [0.25, 0.3) is 5.91 Å². The minimum Gasteiger partial charge on any atom is -0.488 e. The topological polar surface area (TPSA) is 102 Å². The summed E-state index contributed by atoms with van der Waals surface area (Å²) in [5, 5.41) is 1.18. The van der Waals surface area contributed by atoms with E-state index in [1.807, 2.05) is 6.07 Å². The third-order valence-corrected chi connectivity index (χ3v) is 7.88. The van der Waals surface area contributed by atoms with Crippen LogP contribution in [0.15, 0.2) is 42.5 Å². The zero-order valence-corrected chi connectivity index (χ0v) is 22.3. The molecule has 1 aliphatic heterocycles. The van der Waals surface area contributed by atoms with Crippen molar-refractivity contribution in [2.75, 3.05) is 20.2 Å². The Hall–Kier alpha value is -3.43. The van der Waals surface area contributed by atoms with Gasteiger partial charge in [-0.15, -0.1) is 11.3 Å². The molecule has 2 aromatic carbocycles. The van der Waals surface area contributed by atoms with Gasteiger partial charge >= 0.3 is 5.97 Å². The number of hydrogen-bond acceptors (Lipinski definition) is 7. The third kappa shape index (κ3) is 5.94. The Bertz CT molecular complexity index is 1300. The molecule has 196 valence electrons. The molecule has 2 heterocycles. The number of methoxy groups -OCH3 is 1. The van der Waals surface area contributed by atoms with Gasteiger partial charge in [0, 0.05) is 33.7 Å². The molecular formula is C28H33N3O5S. The number of rotatable bonds is 12. The SMILES string of the molecule is CCN(CC)Cc1ccc2cc(COc3cccc4c3CN(C(CCC(=O)OC)C(N)=O)C4=O)sc2c1. The third-order valence-electron chi connectivity index (χ3n) is 6.81. The van der Waals surface area contributed by atoms with Crippen LogP contribution in [0.4, 0.5) is 0 Å². The molecule has 2 amide bonds. The number of primary amides is 1. The number of nitrogens with two attached hydrogens (primary N) is 1. The van der Waals surface area contributed by atoms with E-state index in [2.05, 4.69) is 47.7 Å². The second-order valence-electron chi connectivity index (χ2n) is 9.08. The smallest absolute Gasteiger partial charge is 0.305 e. The number of carbonyl (C=O) groups excluding carboxylic acids is 3. The van der Waals surface area contributed by atoms with Crippen LogP contribution >= 0.6 is 11.3 Å². The Labute approximate surface area is 220 Å². The van der Waals surface area contributed by atoms with E-state index in [4.69, 9.17) is 10.5 Å². The molecule has 37 heavy (non-hydrogen) atoms. The first-order valence-electron chi connectivity index (χ1n) is 12.5. The summed E-state index contributed by atoms with van der Waals surface area (Å²) in [6.07, 6.45) is 0.103. The van der Waals surface area contributed by atoms with Crippen LogP contribution in [0.2, 0.25) is 0 Å². The van der Waals surface area contributed by atoms with Crippen molar-refractivity contribution in [2.24, 2.45) is 5.73 Å². The van der Waals surface area contributed by atoms with E-state index in [-0.39, 0.29) is 25.3 Å². The summed E-state index contributed by atoms with van der Waals surface area (Å²) >= 11 is 1.70. The Morgan fingerprint density at radius 1 is 1.16 bits per heavy atom. The van der Waals surface area contributed by atoms with E-state index < -0.39 is 17.9 Å². The molecule has 0 radical (unpaired) electrons. The van der Waals surface area contributed by atoms with Crippen LogP contribution in [-0.4, -0.2) is 53.8 Å². The van der Waals surface area contributed by atoms with E-state index in [0.717, 1.165) is 30.1 Å². The largest absolute Gasteiger partial charge is 0.488 e. The lowest BCUT2D eigenvalue weighted by atomic mass is 10.1. The molecule has 3 aromatic rings. The lowest BCUT2D eigenvalue weighted by Crippen LogP contribution is -2.45. The van der Waals surface area contributed by atoms with Crippen molar-refractivity contribution in [3.8, 4) is 5.75 Å². The quantitative estimate of drug-likeness (QED) is 0.359. The minimum absolute atomic E-state index is 0.00381. The predicted octanol–water partition coefficient (Wildman–Crippen LogP) is 4.09. The number of fused-ring (bicyclic) bond motifs is 2. The van der Waals surface area contributed by atoms with E-state index in [0.29, 0.717) is 17.9 Å². The summed E-state index contributed by atoms with van der Waals surface area (Å²) in [6, 6.07) is 13.1. The van der Waals surface area contributed by atoms with Crippen LogP contribution in [0.3, 0.4) is 0 Å². The molecule has 1 aromatic heterocycles. The van der Waals surface area contributed by atoms with Crippen LogP contribution < -0.4 is 10.5 Å². The first kappa shape index (κ1) is 26.6. The Balaban J connectivity index is 1.47. The van der Waals surface area contributed by atoms with Gasteiger partial charge in [0.2, 0.25) is 5.91 Å². The standard InChI is InChI=1S/C28H33N3O5S/c1-4-30(5-2)15-18-9-10-19-14-20(37-25(19)13-18)17-36-24-8-6-7-21-22(24)16-31(28(21)34)23(27(29)33)11-12-26(32)35-3/h6-10,13-14,23H,4-5,11-12,15-17H2,1-3H3,(H2,29,33). The van der Waals surface area contributed by atoms with Crippen LogP contribution in [-0.2, 0) is 34.0 Å². The summed E-state index contributed by atoms with van der Waals surface area (Å²) in [5.41, 5.74) is 8.09. The fraction of sp³-hybridized carbons (Fsp3) is 0.393. The molecule has 0 saturated heterocycles. The van der Waals surface area contributed by atoms with Crippen LogP contribution in [0, 0.1) is 0 Å². The zero-order valence-electron chi connectivity index (χ0n) is 21.5. The Kier molecular flexibility index (Phi) is 8.45. The molecule has 4 rings (SSSR count). The maximum Gasteiger partial charge on any atom is 0.305 e. The summed E-state index contributed by atoms with van der Waals surface area (Å²) in [7, 11) is 1.28. The van der Waals surface area contributed by atoms with E-state index in [9.17, 15) is 14.4 Å². The number of hydrogen-bond donors (Lipinski definition) is 1. The average Bonchev–Trinajstić information content (AvgIpc) is 3.46. The van der Waals surface area contributed by atoms with Crippen molar-refractivity contribution >= 4 is 39.2 Å². The van der Waals surface area contributed by atoms with Crippen molar-refractivity contribution in [3.63, 3.8) is 0 Å². The average molecular weight is 524 g/mol. The maximum atomic E-state index is 13.1. The van der Waals surface area contributed by atoms with E-state index in [1.54, 1.807) is 23.5 Å². The summed E-state index contributed by atoms with van der Waals surface area (Å²) < 4.78 is 12.1. The molecular weight excluding hydrogens is 490 g/mol. The number of nitrogens with zero attached hydrogens (tertiary/aromatic N) is 2. The molecule has 0 aliphatic carbocycles. The van der Waals surface area contributed by atoms with Gasteiger partial charge in [-0.3, -0.25) is 19.3 Å². The van der Waals surface area contributed by atoms with Gasteiger partial charge in [0.1, 0.15) is 18.4 Å². The molecule has 0 spiro atoms. The molecule has 8 nitrogen and oxygen atoms in total. The van der Waals surface area contributed by atoms with Crippen molar-refractivity contribution in [1.29, 1.82) is 0 Å². The molecule has 0 fully saturated rings. The molecule has 9 heteroatoms. The maximum absolute atomic E-state index is 13.1. The highest BCUT2D eigenvalue weighted by Gasteiger charge is 2.37. The highest BCUT2D eigenvalue weighted by Crippen LogP contribution is 2.34. The van der Waals surface area contributed by atoms with Gasteiger partial charge in [-0.25, -0.2) is 0 Å². The highest BCUT2D eigenvalue weighted by atomic mass is 32.1. The van der Waals surface area contributed by atoms with Crippen molar-refractivity contribution in [3.05, 3.63) is 64.0 Å². The number of benzene rings is 2. The van der Waals surface area contributed by atoms with Crippen LogP contribution in [0.5, 0.6) is 5.75 Å². The molecule has 1 atom stereocenters. The predicted molar refractivity (Wildman–Crippen MR) is 143 cm³/mol. The number of carbonyl (C=O) groups is 3. The van der Waals surface area contributed by atoms with Gasteiger partial charge in [0.05, 0.1) is 13.7 Å². The first-order valence-corrected chi connectivity index (χ1v) is 13.3. The second kappa shape index (κ2) is 11.7. The van der Waals surface area contributed by atoms with Gasteiger partial charge in [-0.2, -0.15) is 0 Å². The summed E-state index contributed by atoms with van der Waals surface area (Å²) in [4.78, 5) is 41.7. The van der Waals surface area contributed by atoms with Gasteiger partial charge in [-0.1, -0.05) is 32.0 Å². The van der Waals surface area contributed by atoms with Crippen molar-refractivity contribution in [2.45, 2.75) is 52.4 Å². The fourth-order valence-corrected chi connectivity index (χ4v) is 5.72. The first-order chi connectivity index (χ1) is 17.8. The second-order valence-corrected chi connectivity index (χ2v) is 10.3. The van der Waals surface area contributed by atoms with Gasteiger partial charge < -0.3 is 20.1 Å². The number of ether oxygens (including phenoxy) is 2. The number of esters is 1. The summed E-state index contributed by atoms with van der Waals surface area (Å²) in [5.74, 6) is -0.804. The Morgan fingerprint density at radius 3 is 2.65 bits per heavy atom. The van der Waals surface area contributed by atoms with Gasteiger partial charge in [0.15, 0.2) is 0 Å². The molecule has 1 unspecified atom stereocenters. The minimum atomic E-state index is -0.903. The monoisotopic (exact) mass is 523 g/mol. The van der Waals surface area contributed by atoms with Gasteiger partial charge in [-0.05, 0) is 54.7 Å². The lowest BCUT2D eigenvalue weighted by Gasteiger charge is -2.24. The zero-order chi connectivity index (χ0) is 26.5. The van der Waals surface area contributed by atoms with Crippen molar-refractivity contribution in [1.82, 2.24) is 9.80 Å². The van der Waals surface area contributed by atoms with Crippen molar-refractivity contribution < 1.29 is 23.9 Å². The van der Waals surface area contributed by atoms with Crippen LogP contribution in [0.25, 0.3) is 10.1 Å². The molecule has 0 bridgehead atoms. The van der Waals surface area contributed by atoms with Crippen LogP contribution in [0.1, 0.15) is 53.1 Å². The number of thiophene rings is 1. The van der Waals surface area contributed by atoms with E-state index >= 15 is 0 Å². The normalized spacial score (nSPS) is 13.7. The molecule has 2 N–H and O–H groups in total. The van der Waals surface area contributed by atoms with E-state index in [1.165, 1.54) is 27.7 Å². The summed E-state index contributed by atoms with van der Waals surface area (Å²) in [6.45, 7) is 7.88. The Morgan fingerprint density at radius 2 is 1.95 bits per heavy atom. The lowest BCUT2D eigenvalue weighted by molar-refractivity contribution is -0.141.